The summed E-state index contributed by atoms with van der Waals surface area (Å²) in [5.74, 6) is 1.60. The number of ether oxygens (including phenoxy) is 1. The minimum absolute atomic E-state index is 0.0864. The van der Waals surface area contributed by atoms with Gasteiger partial charge in [0.1, 0.15) is 5.75 Å². The smallest absolute Gasteiger partial charge is 0.221 e. The Bertz CT molecular complexity index is 556. The summed E-state index contributed by atoms with van der Waals surface area (Å²) in [6.07, 6.45) is 0.765. The predicted octanol–water partition coefficient (Wildman–Crippen LogP) is 2.72. The van der Waals surface area contributed by atoms with Gasteiger partial charge in [0.25, 0.3) is 0 Å². The number of benzene rings is 1. The summed E-state index contributed by atoms with van der Waals surface area (Å²) in [6, 6.07) is 8.08. The zero-order valence-electron chi connectivity index (χ0n) is 12.0. The summed E-state index contributed by atoms with van der Waals surface area (Å²) in [6.45, 7) is 6.03. The molecule has 1 aromatic carbocycles. The first-order valence-electron chi connectivity index (χ1n) is 6.50. The molecule has 0 saturated heterocycles. The minimum Gasteiger partial charge on any atom is -0.439 e. The molecule has 0 spiro atoms. The molecule has 2 N–H and O–H groups in total. The molecule has 2 rings (SSSR count). The molecule has 1 aromatic heterocycles. The first kappa shape index (κ1) is 13.6. The molecule has 4 nitrogen and oxygen atoms in total. The standard InChI is InChI=1S/C15H21N3O/c1-10-5-7-13(8-6-10)19-15-14(9-11(2)16)12(3)17-18(15)4/h5-8,11H,9,16H2,1-4H3. The van der Waals surface area contributed by atoms with Crippen molar-refractivity contribution >= 4 is 0 Å². The first-order chi connectivity index (χ1) is 8.97. The van der Waals surface area contributed by atoms with Crippen molar-refractivity contribution in [2.75, 3.05) is 0 Å². The third-order valence-electron chi connectivity index (χ3n) is 3.05. The fourth-order valence-electron chi connectivity index (χ4n) is 2.08. The molecule has 4 heteroatoms. The van der Waals surface area contributed by atoms with Gasteiger partial charge < -0.3 is 10.5 Å². The average Bonchev–Trinajstić information content (AvgIpc) is 2.58. The number of aromatic nitrogens is 2. The second-order valence-corrected chi connectivity index (χ2v) is 5.09. The summed E-state index contributed by atoms with van der Waals surface area (Å²) < 4.78 is 7.73. The van der Waals surface area contributed by atoms with E-state index >= 15 is 0 Å². The third kappa shape index (κ3) is 3.15. The summed E-state index contributed by atoms with van der Waals surface area (Å²) in [5.41, 5.74) is 9.16. The second kappa shape index (κ2) is 5.45. The normalized spacial score (nSPS) is 12.5. The first-order valence-corrected chi connectivity index (χ1v) is 6.50. The zero-order valence-corrected chi connectivity index (χ0v) is 12.0. The quantitative estimate of drug-likeness (QED) is 0.918. The minimum atomic E-state index is 0.0864. The van der Waals surface area contributed by atoms with Crippen molar-refractivity contribution in [3.8, 4) is 11.6 Å². The number of rotatable bonds is 4. The van der Waals surface area contributed by atoms with Gasteiger partial charge in [0.05, 0.1) is 5.69 Å². The molecule has 0 aliphatic rings. The Morgan fingerprint density at radius 3 is 2.47 bits per heavy atom. The van der Waals surface area contributed by atoms with Gasteiger partial charge in [-0.3, -0.25) is 0 Å². The molecule has 0 aliphatic carbocycles. The van der Waals surface area contributed by atoms with E-state index in [9.17, 15) is 0 Å². The highest BCUT2D eigenvalue weighted by Crippen LogP contribution is 2.28. The van der Waals surface area contributed by atoms with Crippen LogP contribution in [0.1, 0.15) is 23.7 Å². The molecule has 19 heavy (non-hydrogen) atoms. The molecule has 1 unspecified atom stereocenters. The van der Waals surface area contributed by atoms with Crippen LogP contribution in [-0.2, 0) is 13.5 Å². The fourth-order valence-corrected chi connectivity index (χ4v) is 2.08. The van der Waals surface area contributed by atoms with Gasteiger partial charge in [-0.05, 0) is 39.3 Å². The maximum atomic E-state index is 5.96. The highest BCUT2D eigenvalue weighted by atomic mass is 16.5. The number of hydrogen-bond donors (Lipinski definition) is 1. The SMILES string of the molecule is Cc1ccc(Oc2c(CC(C)N)c(C)nn2C)cc1. The van der Waals surface area contributed by atoms with E-state index in [1.165, 1.54) is 5.56 Å². The highest BCUT2D eigenvalue weighted by Gasteiger charge is 2.16. The van der Waals surface area contributed by atoms with Crippen molar-refractivity contribution in [3.63, 3.8) is 0 Å². The zero-order chi connectivity index (χ0) is 14.0. The van der Waals surface area contributed by atoms with Gasteiger partial charge in [-0.15, -0.1) is 0 Å². The largest absolute Gasteiger partial charge is 0.439 e. The van der Waals surface area contributed by atoms with Gasteiger partial charge in [0.15, 0.2) is 0 Å². The highest BCUT2D eigenvalue weighted by molar-refractivity contribution is 5.37. The van der Waals surface area contributed by atoms with Gasteiger partial charge in [0, 0.05) is 18.7 Å². The summed E-state index contributed by atoms with van der Waals surface area (Å²) in [5, 5.41) is 4.41. The summed E-state index contributed by atoms with van der Waals surface area (Å²) in [4.78, 5) is 0. The van der Waals surface area contributed by atoms with Crippen molar-refractivity contribution in [3.05, 3.63) is 41.1 Å². The van der Waals surface area contributed by atoms with Crippen molar-refractivity contribution in [1.29, 1.82) is 0 Å². The molecule has 0 bridgehead atoms. The van der Waals surface area contributed by atoms with Crippen molar-refractivity contribution in [2.45, 2.75) is 33.2 Å². The van der Waals surface area contributed by atoms with E-state index in [2.05, 4.69) is 12.0 Å². The topological polar surface area (TPSA) is 53.1 Å². The van der Waals surface area contributed by atoms with Gasteiger partial charge in [0.2, 0.25) is 5.88 Å². The van der Waals surface area contributed by atoms with Crippen molar-refractivity contribution < 1.29 is 4.74 Å². The van der Waals surface area contributed by atoms with E-state index in [0.717, 1.165) is 29.3 Å². The predicted molar refractivity (Wildman–Crippen MR) is 76.6 cm³/mol. The maximum Gasteiger partial charge on any atom is 0.221 e. The Balaban J connectivity index is 2.31. The molecule has 0 fully saturated rings. The van der Waals surface area contributed by atoms with E-state index in [1.807, 2.05) is 45.2 Å². The Hall–Kier alpha value is -1.81. The third-order valence-corrected chi connectivity index (χ3v) is 3.05. The van der Waals surface area contributed by atoms with E-state index in [0.29, 0.717) is 0 Å². The van der Waals surface area contributed by atoms with Gasteiger partial charge in [-0.25, -0.2) is 4.68 Å². The Morgan fingerprint density at radius 1 is 1.26 bits per heavy atom. The van der Waals surface area contributed by atoms with Crippen LogP contribution < -0.4 is 10.5 Å². The summed E-state index contributed by atoms with van der Waals surface area (Å²) in [7, 11) is 1.89. The number of nitrogens with two attached hydrogens (primary N) is 1. The molecular weight excluding hydrogens is 238 g/mol. The molecule has 102 valence electrons. The molecule has 0 aliphatic heterocycles. The lowest BCUT2D eigenvalue weighted by Gasteiger charge is -2.10. The van der Waals surface area contributed by atoms with Gasteiger partial charge >= 0.3 is 0 Å². The van der Waals surface area contributed by atoms with Gasteiger partial charge in [-0.2, -0.15) is 5.10 Å². The number of hydrogen-bond acceptors (Lipinski definition) is 3. The Kier molecular flexibility index (Phi) is 3.90. The number of nitrogens with zero attached hydrogens (tertiary/aromatic N) is 2. The van der Waals surface area contributed by atoms with Gasteiger partial charge in [-0.1, -0.05) is 17.7 Å². The molecule has 2 aromatic rings. The van der Waals surface area contributed by atoms with Crippen LogP contribution in [0.15, 0.2) is 24.3 Å². The van der Waals surface area contributed by atoms with Crippen LogP contribution in [0.3, 0.4) is 0 Å². The fraction of sp³-hybridized carbons (Fsp3) is 0.400. The lowest BCUT2D eigenvalue weighted by Crippen LogP contribution is -2.18. The summed E-state index contributed by atoms with van der Waals surface area (Å²) >= 11 is 0. The molecule has 0 radical (unpaired) electrons. The van der Waals surface area contributed by atoms with Crippen molar-refractivity contribution in [1.82, 2.24) is 9.78 Å². The molecule has 1 heterocycles. The lowest BCUT2D eigenvalue weighted by atomic mass is 10.1. The molecule has 0 amide bonds. The second-order valence-electron chi connectivity index (χ2n) is 5.09. The number of aryl methyl sites for hydroxylation is 3. The van der Waals surface area contributed by atoms with Crippen LogP contribution in [-0.4, -0.2) is 15.8 Å². The lowest BCUT2D eigenvalue weighted by molar-refractivity contribution is 0.424. The molecule has 0 saturated carbocycles. The molecule has 1 atom stereocenters. The average molecular weight is 259 g/mol. The van der Waals surface area contributed by atoms with Crippen LogP contribution in [0.2, 0.25) is 0 Å². The van der Waals surface area contributed by atoms with Crippen LogP contribution in [0.25, 0.3) is 0 Å². The van der Waals surface area contributed by atoms with Crippen LogP contribution in [0.5, 0.6) is 11.6 Å². The Morgan fingerprint density at radius 2 is 1.89 bits per heavy atom. The van der Waals surface area contributed by atoms with E-state index < -0.39 is 0 Å². The van der Waals surface area contributed by atoms with Crippen LogP contribution in [0, 0.1) is 13.8 Å². The van der Waals surface area contributed by atoms with E-state index in [1.54, 1.807) is 4.68 Å². The Labute approximate surface area is 114 Å². The maximum absolute atomic E-state index is 5.96. The van der Waals surface area contributed by atoms with E-state index in [-0.39, 0.29) is 6.04 Å². The van der Waals surface area contributed by atoms with Crippen molar-refractivity contribution in [2.24, 2.45) is 12.8 Å². The van der Waals surface area contributed by atoms with Crippen LogP contribution >= 0.6 is 0 Å². The van der Waals surface area contributed by atoms with E-state index in [4.69, 9.17) is 10.5 Å². The molecular formula is C15H21N3O. The van der Waals surface area contributed by atoms with Crippen LogP contribution in [0.4, 0.5) is 0 Å². The monoisotopic (exact) mass is 259 g/mol.